The van der Waals surface area contributed by atoms with Gasteiger partial charge in [0.25, 0.3) is 0 Å². The Labute approximate surface area is 209 Å². The van der Waals surface area contributed by atoms with E-state index in [0.29, 0.717) is 29.1 Å². The van der Waals surface area contributed by atoms with E-state index in [9.17, 15) is 22.8 Å². The number of likely N-dealkylation sites (tertiary alicyclic amines) is 1. The maximum absolute atomic E-state index is 14.5. The Morgan fingerprint density at radius 1 is 1.08 bits per heavy atom. The number of urea groups is 1. The van der Waals surface area contributed by atoms with E-state index in [1.807, 2.05) is 0 Å². The highest BCUT2D eigenvalue weighted by Crippen LogP contribution is 2.33. The third-order valence-corrected chi connectivity index (χ3v) is 6.02. The lowest BCUT2D eigenvalue weighted by atomic mass is 10.0. The minimum atomic E-state index is -0.735. The van der Waals surface area contributed by atoms with Gasteiger partial charge in [0.05, 0.1) is 42.9 Å². The van der Waals surface area contributed by atoms with E-state index in [2.05, 4.69) is 20.5 Å². The zero-order valence-corrected chi connectivity index (χ0v) is 19.9. The van der Waals surface area contributed by atoms with Crippen LogP contribution in [0.1, 0.15) is 24.9 Å². The first kappa shape index (κ1) is 24.3. The first-order valence-corrected chi connectivity index (χ1v) is 11.4. The fraction of sp³-hybridized carbons (Fsp3) is 0.292. The number of nitrogens with one attached hydrogen (secondary N) is 1. The van der Waals surface area contributed by atoms with Gasteiger partial charge in [0.1, 0.15) is 23.4 Å². The molecule has 1 N–H and O–H groups in total. The molecular weight excluding hydrogens is 491 g/mol. The SMILES string of the molecule is CC(=O)Nc1cnn(C)c1-c1cc(OC2CN(C(=O)N3N=CC[C@H]3c3cc(F)cc(F)c3)C2)c(F)cn1. The summed E-state index contributed by atoms with van der Waals surface area (Å²) in [5.41, 5.74) is 1.53. The molecule has 0 saturated carbocycles. The molecule has 0 unspecified atom stereocenters. The van der Waals surface area contributed by atoms with E-state index < -0.39 is 35.6 Å². The number of hydrazone groups is 1. The monoisotopic (exact) mass is 513 g/mol. The lowest BCUT2D eigenvalue weighted by molar-refractivity contribution is -0.114. The molecule has 0 spiro atoms. The van der Waals surface area contributed by atoms with Crippen molar-refractivity contribution in [1.82, 2.24) is 24.7 Å². The van der Waals surface area contributed by atoms with Crippen molar-refractivity contribution in [2.45, 2.75) is 25.5 Å². The van der Waals surface area contributed by atoms with Gasteiger partial charge in [0, 0.05) is 38.7 Å². The van der Waals surface area contributed by atoms with E-state index in [0.717, 1.165) is 12.3 Å². The number of carbonyl (C=O) groups excluding carboxylic acids is 2. The molecule has 0 radical (unpaired) electrons. The highest BCUT2D eigenvalue weighted by atomic mass is 19.1. The number of amides is 3. The fourth-order valence-electron chi connectivity index (χ4n) is 4.30. The third kappa shape index (κ3) is 4.84. The Morgan fingerprint density at radius 3 is 2.51 bits per heavy atom. The van der Waals surface area contributed by atoms with Crippen LogP contribution < -0.4 is 10.1 Å². The van der Waals surface area contributed by atoms with Crippen LogP contribution in [0.4, 0.5) is 23.7 Å². The predicted octanol–water partition coefficient (Wildman–Crippen LogP) is 3.47. The molecule has 0 bridgehead atoms. The van der Waals surface area contributed by atoms with Crippen molar-refractivity contribution in [3.05, 3.63) is 59.7 Å². The summed E-state index contributed by atoms with van der Waals surface area (Å²) in [4.78, 5) is 30.0. The predicted molar refractivity (Wildman–Crippen MR) is 126 cm³/mol. The highest BCUT2D eigenvalue weighted by molar-refractivity contribution is 5.92. The Kier molecular flexibility index (Phi) is 6.27. The number of hydrogen-bond donors (Lipinski definition) is 1. The standard InChI is InChI=1S/C24H22F3N7O3/c1-13(35)31-20-10-30-32(2)23(20)19-8-22(18(27)9-28-19)37-17-11-33(12-17)24(36)34-21(3-4-29-34)14-5-15(25)7-16(26)6-14/h4-10,17,21H,3,11-12H2,1-2H3,(H,31,35)/t21-/m0/s1. The van der Waals surface area contributed by atoms with Gasteiger partial charge in [-0.05, 0) is 17.7 Å². The smallest absolute Gasteiger partial charge is 0.341 e. The molecule has 1 atom stereocenters. The Bertz CT molecular complexity index is 1380. The molecule has 1 fully saturated rings. The number of carbonyl (C=O) groups is 2. The molecule has 10 nitrogen and oxygen atoms in total. The molecule has 1 aromatic carbocycles. The van der Waals surface area contributed by atoms with E-state index >= 15 is 0 Å². The molecule has 3 amide bonds. The summed E-state index contributed by atoms with van der Waals surface area (Å²) < 4.78 is 49.2. The van der Waals surface area contributed by atoms with Crippen LogP contribution in [-0.2, 0) is 11.8 Å². The van der Waals surface area contributed by atoms with Crippen LogP contribution in [0.25, 0.3) is 11.4 Å². The molecule has 37 heavy (non-hydrogen) atoms. The quantitative estimate of drug-likeness (QED) is 0.563. The summed E-state index contributed by atoms with van der Waals surface area (Å²) in [5.74, 6) is -2.51. The second-order valence-electron chi connectivity index (χ2n) is 8.74. The fourth-order valence-corrected chi connectivity index (χ4v) is 4.30. The van der Waals surface area contributed by atoms with Crippen LogP contribution >= 0.6 is 0 Å². The van der Waals surface area contributed by atoms with Gasteiger partial charge in [-0.25, -0.2) is 23.0 Å². The van der Waals surface area contributed by atoms with E-state index in [4.69, 9.17) is 4.74 Å². The highest BCUT2D eigenvalue weighted by Gasteiger charge is 2.39. The van der Waals surface area contributed by atoms with E-state index in [1.165, 1.54) is 52.1 Å². The van der Waals surface area contributed by atoms with Crippen molar-refractivity contribution in [3.63, 3.8) is 0 Å². The topological polar surface area (TPSA) is 105 Å². The van der Waals surface area contributed by atoms with Crippen molar-refractivity contribution in [1.29, 1.82) is 0 Å². The average molecular weight is 513 g/mol. The number of pyridine rings is 1. The summed E-state index contributed by atoms with van der Waals surface area (Å²) in [6.45, 7) is 1.68. The first-order valence-electron chi connectivity index (χ1n) is 11.4. The summed E-state index contributed by atoms with van der Waals surface area (Å²) in [5, 5.41) is 12.0. The average Bonchev–Trinajstić information content (AvgIpc) is 3.43. The van der Waals surface area contributed by atoms with Gasteiger partial charge in [0.15, 0.2) is 11.6 Å². The van der Waals surface area contributed by atoms with Gasteiger partial charge >= 0.3 is 6.03 Å². The Morgan fingerprint density at radius 2 is 1.81 bits per heavy atom. The number of halogens is 3. The summed E-state index contributed by atoms with van der Waals surface area (Å²) in [7, 11) is 1.66. The number of nitrogens with zero attached hydrogens (tertiary/aromatic N) is 6. The Hall–Kier alpha value is -4.42. The largest absolute Gasteiger partial charge is 0.483 e. The Balaban J connectivity index is 1.26. The third-order valence-electron chi connectivity index (χ3n) is 6.02. The molecule has 192 valence electrons. The van der Waals surface area contributed by atoms with E-state index in [-0.39, 0.29) is 24.7 Å². The molecule has 1 saturated heterocycles. The van der Waals surface area contributed by atoms with Gasteiger partial charge in [-0.1, -0.05) is 0 Å². The number of hydrogen-bond acceptors (Lipinski definition) is 6. The van der Waals surface area contributed by atoms with Crippen LogP contribution in [-0.4, -0.2) is 62.0 Å². The van der Waals surface area contributed by atoms with Crippen molar-refractivity contribution in [3.8, 4) is 17.1 Å². The van der Waals surface area contributed by atoms with Crippen molar-refractivity contribution >= 4 is 23.8 Å². The van der Waals surface area contributed by atoms with Gasteiger partial charge in [-0.2, -0.15) is 10.2 Å². The number of ether oxygens (including phenoxy) is 1. The molecule has 2 aliphatic heterocycles. The summed E-state index contributed by atoms with van der Waals surface area (Å²) in [6, 6.07) is 3.44. The molecule has 2 aromatic heterocycles. The van der Waals surface area contributed by atoms with Crippen LogP contribution in [0.2, 0.25) is 0 Å². The maximum atomic E-state index is 14.5. The van der Waals surface area contributed by atoms with Crippen LogP contribution in [0.15, 0.2) is 41.8 Å². The molecule has 3 aromatic rings. The molecule has 4 heterocycles. The second kappa shape index (κ2) is 9.56. The summed E-state index contributed by atoms with van der Waals surface area (Å²) >= 11 is 0. The lowest BCUT2D eigenvalue weighted by Crippen LogP contribution is -2.58. The van der Waals surface area contributed by atoms with Gasteiger partial charge < -0.3 is 15.0 Å². The van der Waals surface area contributed by atoms with Gasteiger partial charge in [0.2, 0.25) is 5.91 Å². The van der Waals surface area contributed by atoms with Crippen molar-refractivity contribution in [2.75, 3.05) is 18.4 Å². The lowest BCUT2D eigenvalue weighted by Gasteiger charge is -2.41. The molecule has 13 heteroatoms. The van der Waals surface area contributed by atoms with Crippen molar-refractivity contribution in [2.24, 2.45) is 12.1 Å². The normalized spacial score (nSPS) is 17.2. The molecule has 2 aliphatic rings. The van der Waals surface area contributed by atoms with Crippen LogP contribution in [0, 0.1) is 17.5 Å². The second-order valence-corrected chi connectivity index (χ2v) is 8.74. The van der Waals surface area contributed by atoms with Crippen LogP contribution in [0.3, 0.4) is 0 Å². The zero-order valence-electron chi connectivity index (χ0n) is 19.9. The minimum Gasteiger partial charge on any atom is -0.483 e. The maximum Gasteiger partial charge on any atom is 0.341 e. The van der Waals surface area contributed by atoms with Crippen molar-refractivity contribution < 1.29 is 27.5 Å². The number of aromatic nitrogens is 3. The molecule has 0 aliphatic carbocycles. The molecule has 5 rings (SSSR count). The first-order chi connectivity index (χ1) is 17.7. The number of rotatable bonds is 5. The number of benzene rings is 1. The number of anilines is 1. The summed E-state index contributed by atoms with van der Waals surface area (Å²) in [6.07, 6.45) is 3.82. The van der Waals surface area contributed by atoms with E-state index in [1.54, 1.807) is 7.05 Å². The minimum absolute atomic E-state index is 0.0654. The van der Waals surface area contributed by atoms with Crippen LogP contribution in [0.5, 0.6) is 5.75 Å². The van der Waals surface area contributed by atoms with Gasteiger partial charge in [-0.3, -0.25) is 14.5 Å². The van der Waals surface area contributed by atoms with Gasteiger partial charge in [-0.15, -0.1) is 0 Å². The number of aryl methyl sites for hydroxylation is 1. The molecular formula is C24H22F3N7O3. The zero-order chi connectivity index (χ0) is 26.3.